The van der Waals surface area contributed by atoms with Crippen LogP contribution in [-0.4, -0.2) is 40.3 Å². The number of rotatable bonds is 4. The Labute approximate surface area is 176 Å². The van der Waals surface area contributed by atoms with E-state index in [0.29, 0.717) is 28.6 Å². The van der Waals surface area contributed by atoms with Crippen LogP contribution >= 0.6 is 12.2 Å². The van der Waals surface area contributed by atoms with E-state index in [1.807, 2.05) is 0 Å². The molecule has 1 aromatic carbocycles. The predicted octanol–water partition coefficient (Wildman–Crippen LogP) is 1.92. The standard InChI is InChI=1S/C21H28N4O3S/c1-13-6-5-9-17(14(13)2)22-21(29)24-23-18(26)10-11-25-19(27)12-15-7-3-4-8-16(15)20(25)28/h3-4,7-8,13-14,17H,5-6,9-12H2,1-2H3,(H,23,26)(H2,22,24,29)/t13-,14+,17+/m0/s1. The van der Waals surface area contributed by atoms with Gasteiger partial charge in [-0.05, 0) is 42.1 Å². The van der Waals surface area contributed by atoms with Crippen LogP contribution in [-0.2, 0) is 16.0 Å². The lowest BCUT2D eigenvalue weighted by atomic mass is 9.78. The van der Waals surface area contributed by atoms with Crippen LogP contribution < -0.4 is 16.2 Å². The largest absolute Gasteiger partial charge is 0.358 e. The van der Waals surface area contributed by atoms with Crippen molar-refractivity contribution < 1.29 is 14.4 Å². The molecule has 7 nitrogen and oxygen atoms in total. The van der Waals surface area contributed by atoms with Gasteiger partial charge in [-0.15, -0.1) is 0 Å². The van der Waals surface area contributed by atoms with Gasteiger partial charge in [-0.25, -0.2) is 0 Å². The van der Waals surface area contributed by atoms with Crippen molar-refractivity contribution in [1.29, 1.82) is 0 Å². The number of thiocarbonyl (C=S) groups is 1. The van der Waals surface area contributed by atoms with Crippen LogP contribution in [0.25, 0.3) is 0 Å². The Balaban J connectivity index is 1.44. The highest BCUT2D eigenvalue weighted by atomic mass is 32.1. The molecule has 0 saturated heterocycles. The fourth-order valence-electron chi connectivity index (χ4n) is 4.02. The SMILES string of the molecule is C[C@@H]1[C@@H](C)CCC[C@H]1NC(=S)NNC(=O)CCN1C(=O)Cc2ccccc2C1=O. The van der Waals surface area contributed by atoms with E-state index in [1.54, 1.807) is 24.3 Å². The van der Waals surface area contributed by atoms with Crippen LogP contribution in [0.3, 0.4) is 0 Å². The van der Waals surface area contributed by atoms with Gasteiger partial charge in [-0.3, -0.25) is 30.1 Å². The molecular formula is C21H28N4O3S. The third-order valence-corrected chi connectivity index (χ3v) is 6.26. The fourth-order valence-corrected chi connectivity index (χ4v) is 4.22. The van der Waals surface area contributed by atoms with E-state index in [0.717, 1.165) is 16.9 Å². The zero-order valence-electron chi connectivity index (χ0n) is 16.9. The van der Waals surface area contributed by atoms with Gasteiger partial charge in [-0.1, -0.05) is 44.9 Å². The summed E-state index contributed by atoms with van der Waals surface area (Å²) in [6, 6.07) is 7.35. The molecule has 1 aromatic rings. The number of hydrogen-bond donors (Lipinski definition) is 3. The van der Waals surface area contributed by atoms with Crippen molar-refractivity contribution in [3.63, 3.8) is 0 Å². The normalized spacial score (nSPS) is 23.9. The Hall–Kier alpha value is -2.48. The van der Waals surface area contributed by atoms with E-state index >= 15 is 0 Å². The molecule has 1 aliphatic carbocycles. The summed E-state index contributed by atoms with van der Waals surface area (Å²) >= 11 is 5.28. The minimum atomic E-state index is -0.352. The van der Waals surface area contributed by atoms with E-state index in [2.05, 4.69) is 30.0 Å². The first-order valence-corrected chi connectivity index (χ1v) is 10.6. The van der Waals surface area contributed by atoms with Crippen molar-refractivity contribution in [1.82, 2.24) is 21.1 Å². The molecule has 29 heavy (non-hydrogen) atoms. The second kappa shape index (κ2) is 9.35. The average molecular weight is 417 g/mol. The molecule has 3 rings (SSSR count). The third kappa shape index (κ3) is 5.12. The number of nitrogens with one attached hydrogen (secondary N) is 3. The second-order valence-corrected chi connectivity index (χ2v) is 8.36. The molecule has 1 saturated carbocycles. The number of carbonyl (C=O) groups is 3. The zero-order chi connectivity index (χ0) is 21.0. The maximum Gasteiger partial charge on any atom is 0.260 e. The number of nitrogens with zero attached hydrogens (tertiary/aromatic N) is 1. The molecule has 1 aliphatic heterocycles. The first-order valence-electron chi connectivity index (χ1n) is 10.1. The highest BCUT2D eigenvalue weighted by molar-refractivity contribution is 7.80. The topological polar surface area (TPSA) is 90.5 Å². The Kier molecular flexibility index (Phi) is 6.84. The smallest absolute Gasteiger partial charge is 0.260 e. The lowest BCUT2D eigenvalue weighted by molar-refractivity contribution is -0.129. The monoisotopic (exact) mass is 416 g/mol. The molecule has 1 fully saturated rings. The molecule has 1 heterocycles. The molecule has 0 aromatic heterocycles. The summed E-state index contributed by atoms with van der Waals surface area (Å²) in [5, 5.41) is 3.65. The van der Waals surface area contributed by atoms with Crippen molar-refractivity contribution in [2.75, 3.05) is 6.54 Å². The van der Waals surface area contributed by atoms with Gasteiger partial charge in [-0.2, -0.15) is 0 Å². The van der Waals surface area contributed by atoms with Gasteiger partial charge in [0.2, 0.25) is 11.8 Å². The predicted molar refractivity (Wildman–Crippen MR) is 114 cm³/mol. The summed E-state index contributed by atoms with van der Waals surface area (Å²) in [7, 11) is 0. The van der Waals surface area contributed by atoms with Crippen LogP contribution in [0.15, 0.2) is 24.3 Å². The first-order chi connectivity index (χ1) is 13.9. The molecule has 3 amide bonds. The second-order valence-electron chi connectivity index (χ2n) is 7.95. The molecule has 2 aliphatic rings. The molecular weight excluding hydrogens is 388 g/mol. The quantitative estimate of drug-likeness (QED) is 0.395. The van der Waals surface area contributed by atoms with Gasteiger partial charge >= 0.3 is 0 Å². The number of benzene rings is 1. The van der Waals surface area contributed by atoms with Crippen LogP contribution in [0.2, 0.25) is 0 Å². The Morgan fingerprint density at radius 2 is 1.93 bits per heavy atom. The lowest BCUT2D eigenvalue weighted by Crippen LogP contribution is -2.53. The summed E-state index contributed by atoms with van der Waals surface area (Å²) in [4.78, 5) is 38.1. The number of carbonyl (C=O) groups excluding carboxylic acids is 3. The van der Waals surface area contributed by atoms with E-state index in [-0.39, 0.29) is 37.1 Å². The molecule has 8 heteroatoms. The Morgan fingerprint density at radius 3 is 2.72 bits per heavy atom. The van der Waals surface area contributed by atoms with Gasteiger partial charge in [0.25, 0.3) is 5.91 Å². The summed E-state index contributed by atoms with van der Waals surface area (Å²) in [5.74, 6) is 0.183. The first kappa shape index (κ1) is 21.2. The van der Waals surface area contributed by atoms with E-state index in [1.165, 1.54) is 12.8 Å². The van der Waals surface area contributed by atoms with E-state index < -0.39 is 0 Å². The van der Waals surface area contributed by atoms with Gasteiger partial charge in [0, 0.05) is 24.6 Å². The molecule has 0 bridgehead atoms. The van der Waals surface area contributed by atoms with Crippen molar-refractivity contribution in [2.24, 2.45) is 11.8 Å². The van der Waals surface area contributed by atoms with Crippen molar-refractivity contribution >= 4 is 35.1 Å². The summed E-state index contributed by atoms with van der Waals surface area (Å²) in [6.07, 6.45) is 3.63. The zero-order valence-corrected chi connectivity index (χ0v) is 17.7. The number of hydrazine groups is 1. The van der Waals surface area contributed by atoms with Gasteiger partial charge in [0.05, 0.1) is 6.42 Å². The maximum absolute atomic E-state index is 12.5. The highest BCUT2D eigenvalue weighted by Crippen LogP contribution is 2.29. The summed E-state index contributed by atoms with van der Waals surface area (Å²) < 4.78 is 0. The molecule has 3 N–H and O–H groups in total. The summed E-state index contributed by atoms with van der Waals surface area (Å²) in [5.41, 5.74) is 6.52. The van der Waals surface area contributed by atoms with E-state index in [4.69, 9.17) is 12.2 Å². The van der Waals surface area contributed by atoms with Gasteiger partial charge in [0.15, 0.2) is 5.11 Å². The summed E-state index contributed by atoms with van der Waals surface area (Å²) in [6.45, 7) is 4.50. The molecule has 3 atom stereocenters. The van der Waals surface area contributed by atoms with Crippen LogP contribution in [0, 0.1) is 11.8 Å². The number of amides is 3. The Bertz CT molecular complexity index is 813. The van der Waals surface area contributed by atoms with Crippen LogP contribution in [0.4, 0.5) is 0 Å². The average Bonchev–Trinajstić information content (AvgIpc) is 2.69. The fraction of sp³-hybridized carbons (Fsp3) is 0.524. The third-order valence-electron chi connectivity index (χ3n) is 6.04. The number of imide groups is 1. The van der Waals surface area contributed by atoms with E-state index in [9.17, 15) is 14.4 Å². The number of hydrogen-bond acceptors (Lipinski definition) is 4. The lowest BCUT2D eigenvalue weighted by Gasteiger charge is -2.35. The Morgan fingerprint density at radius 1 is 1.17 bits per heavy atom. The highest BCUT2D eigenvalue weighted by Gasteiger charge is 2.31. The van der Waals surface area contributed by atoms with Crippen molar-refractivity contribution in [2.45, 2.75) is 52.0 Å². The number of fused-ring (bicyclic) bond motifs is 1. The van der Waals surface area contributed by atoms with Gasteiger partial charge in [0.1, 0.15) is 0 Å². The maximum atomic E-state index is 12.5. The van der Waals surface area contributed by atoms with Crippen LogP contribution in [0.1, 0.15) is 55.5 Å². The molecule has 0 radical (unpaired) electrons. The van der Waals surface area contributed by atoms with Crippen molar-refractivity contribution in [3.8, 4) is 0 Å². The minimum Gasteiger partial charge on any atom is -0.358 e. The van der Waals surface area contributed by atoms with Gasteiger partial charge < -0.3 is 5.32 Å². The molecule has 0 spiro atoms. The van der Waals surface area contributed by atoms with Crippen LogP contribution in [0.5, 0.6) is 0 Å². The van der Waals surface area contributed by atoms with Crippen molar-refractivity contribution in [3.05, 3.63) is 35.4 Å². The molecule has 156 valence electrons. The molecule has 0 unspecified atom stereocenters. The minimum absolute atomic E-state index is 0.00608.